The van der Waals surface area contributed by atoms with E-state index >= 15 is 0 Å². The summed E-state index contributed by atoms with van der Waals surface area (Å²) >= 11 is 0. The van der Waals surface area contributed by atoms with Gasteiger partial charge in [-0.2, -0.15) is 0 Å². The second-order valence-electron chi connectivity index (χ2n) is 7.51. The summed E-state index contributed by atoms with van der Waals surface area (Å²) in [6, 6.07) is 11.5. The molecule has 29 heavy (non-hydrogen) atoms. The lowest BCUT2D eigenvalue weighted by atomic mass is 10.1. The van der Waals surface area contributed by atoms with Crippen LogP contribution in [0.4, 0.5) is 5.69 Å². The quantitative estimate of drug-likeness (QED) is 0.730. The maximum absolute atomic E-state index is 13.1. The molecule has 0 atom stereocenters. The third-order valence-electron chi connectivity index (χ3n) is 5.58. The fraction of sp³-hybridized carbons (Fsp3) is 0.348. The molecular formula is C23H26N4O2. The molecule has 1 aromatic carbocycles. The molecule has 4 rings (SSSR count). The molecule has 0 aliphatic carbocycles. The van der Waals surface area contributed by atoms with E-state index < -0.39 is 0 Å². The summed E-state index contributed by atoms with van der Waals surface area (Å²) in [5, 5.41) is 3.03. The number of carbonyl (C=O) groups is 2. The zero-order valence-corrected chi connectivity index (χ0v) is 16.9. The summed E-state index contributed by atoms with van der Waals surface area (Å²) in [5.74, 6) is -0.112. The van der Waals surface area contributed by atoms with Gasteiger partial charge in [-0.1, -0.05) is 31.2 Å². The number of hydrogen-bond donors (Lipinski definition) is 1. The normalized spacial score (nSPS) is 14.2. The summed E-state index contributed by atoms with van der Waals surface area (Å²) < 4.78 is 1.73. The van der Waals surface area contributed by atoms with E-state index in [4.69, 9.17) is 0 Å². The van der Waals surface area contributed by atoms with Crippen molar-refractivity contribution >= 4 is 23.0 Å². The van der Waals surface area contributed by atoms with Gasteiger partial charge < -0.3 is 10.2 Å². The zero-order chi connectivity index (χ0) is 20.4. The molecule has 0 radical (unpaired) electrons. The number of amides is 2. The van der Waals surface area contributed by atoms with Crippen LogP contribution < -0.4 is 5.32 Å². The SMILES string of the molecule is CCc1cccc(C)c1NC(=O)c1nc(C(=O)N2CCCCC2)n2ccccc12. The minimum Gasteiger partial charge on any atom is -0.336 e. The Labute approximate surface area is 170 Å². The highest BCUT2D eigenvalue weighted by molar-refractivity contribution is 6.09. The predicted octanol–water partition coefficient (Wildman–Crippen LogP) is 4.08. The van der Waals surface area contributed by atoms with Crippen molar-refractivity contribution in [1.29, 1.82) is 0 Å². The van der Waals surface area contributed by atoms with Crippen molar-refractivity contribution in [2.24, 2.45) is 0 Å². The van der Waals surface area contributed by atoms with Gasteiger partial charge in [-0.3, -0.25) is 14.0 Å². The molecule has 1 saturated heterocycles. The van der Waals surface area contributed by atoms with Crippen LogP contribution in [0.3, 0.4) is 0 Å². The van der Waals surface area contributed by atoms with Gasteiger partial charge in [-0.15, -0.1) is 0 Å². The van der Waals surface area contributed by atoms with Crippen LogP contribution in [0, 0.1) is 6.92 Å². The van der Waals surface area contributed by atoms with Crippen LogP contribution in [0.2, 0.25) is 0 Å². The van der Waals surface area contributed by atoms with Crippen LogP contribution in [0.1, 0.15) is 58.4 Å². The first kappa shape index (κ1) is 19.2. The van der Waals surface area contributed by atoms with E-state index in [1.165, 1.54) is 0 Å². The van der Waals surface area contributed by atoms with E-state index in [9.17, 15) is 9.59 Å². The molecule has 2 aromatic heterocycles. The van der Waals surface area contributed by atoms with Gasteiger partial charge in [0.2, 0.25) is 5.82 Å². The number of rotatable bonds is 4. The Balaban J connectivity index is 1.71. The topological polar surface area (TPSA) is 66.7 Å². The smallest absolute Gasteiger partial charge is 0.290 e. The van der Waals surface area contributed by atoms with E-state index in [1.54, 1.807) is 10.6 Å². The van der Waals surface area contributed by atoms with Crippen LogP contribution in [0.25, 0.3) is 5.52 Å². The number of imidazole rings is 1. The second-order valence-corrected chi connectivity index (χ2v) is 7.51. The average Bonchev–Trinajstić information content (AvgIpc) is 3.15. The summed E-state index contributed by atoms with van der Waals surface area (Å²) in [6.07, 6.45) is 5.78. The molecule has 1 fully saturated rings. The largest absolute Gasteiger partial charge is 0.336 e. The molecule has 1 aliphatic rings. The number of nitrogens with one attached hydrogen (secondary N) is 1. The third-order valence-corrected chi connectivity index (χ3v) is 5.58. The van der Waals surface area contributed by atoms with Crippen molar-refractivity contribution in [3.8, 4) is 0 Å². The van der Waals surface area contributed by atoms with Gasteiger partial charge in [0.05, 0.1) is 5.52 Å². The third kappa shape index (κ3) is 3.62. The predicted molar refractivity (Wildman–Crippen MR) is 113 cm³/mol. The number of benzene rings is 1. The highest BCUT2D eigenvalue weighted by Crippen LogP contribution is 2.23. The first-order valence-corrected chi connectivity index (χ1v) is 10.3. The molecule has 3 aromatic rings. The number of anilines is 1. The minimum absolute atomic E-state index is 0.116. The molecule has 1 N–H and O–H groups in total. The Kier molecular flexibility index (Phi) is 5.34. The van der Waals surface area contributed by atoms with Crippen LogP contribution in [-0.4, -0.2) is 39.2 Å². The monoisotopic (exact) mass is 390 g/mol. The number of pyridine rings is 1. The number of fused-ring (bicyclic) bond motifs is 1. The Morgan fingerprint density at radius 3 is 2.62 bits per heavy atom. The van der Waals surface area contributed by atoms with E-state index in [-0.39, 0.29) is 17.5 Å². The molecule has 1 aliphatic heterocycles. The van der Waals surface area contributed by atoms with Gasteiger partial charge in [0.1, 0.15) is 0 Å². The zero-order valence-electron chi connectivity index (χ0n) is 16.9. The molecule has 150 valence electrons. The maximum atomic E-state index is 13.1. The van der Waals surface area contributed by atoms with Crippen molar-refractivity contribution in [3.05, 3.63) is 65.2 Å². The van der Waals surface area contributed by atoms with Crippen molar-refractivity contribution in [2.45, 2.75) is 39.5 Å². The first-order valence-electron chi connectivity index (χ1n) is 10.3. The van der Waals surface area contributed by atoms with Gasteiger partial charge in [0.15, 0.2) is 5.69 Å². The van der Waals surface area contributed by atoms with Gasteiger partial charge in [0.25, 0.3) is 11.8 Å². The first-order chi connectivity index (χ1) is 14.1. The van der Waals surface area contributed by atoms with E-state index in [0.29, 0.717) is 11.3 Å². The fourth-order valence-corrected chi connectivity index (χ4v) is 3.97. The summed E-state index contributed by atoms with van der Waals surface area (Å²) in [5.41, 5.74) is 3.81. The Morgan fingerprint density at radius 1 is 1.07 bits per heavy atom. The molecule has 0 saturated carbocycles. The molecule has 6 nitrogen and oxygen atoms in total. The minimum atomic E-state index is -0.296. The number of piperidine rings is 1. The number of carbonyl (C=O) groups excluding carboxylic acids is 2. The van der Waals surface area contributed by atoms with Gasteiger partial charge >= 0.3 is 0 Å². The van der Waals surface area contributed by atoms with Crippen LogP contribution in [-0.2, 0) is 6.42 Å². The lowest BCUT2D eigenvalue weighted by molar-refractivity contribution is 0.0711. The van der Waals surface area contributed by atoms with Gasteiger partial charge in [-0.25, -0.2) is 4.98 Å². The number of nitrogens with zero attached hydrogens (tertiary/aromatic N) is 3. The molecule has 0 unspecified atom stereocenters. The van der Waals surface area contributed by atoms with Crippen LogP contribution in [0.15, 0.2) is 42.6 Å². The van der Waals surface area contributed by atoms with E-state index in [1.807, 2.05) is 48.2 Å². The van der Waals surface area contributed by atoms with Gasteiger partial charge in [0, 0.05) is 25.0 Å². The summed E-state index contributed by atoms with van der Waals surface area (Å²) in [7, 11) is 0. The molecule has 2 amide bonds. The molecule has 0 bridgehead atoms. The Morgan fingerprint density at radius 2 is 1.86 bits per heavy atom. The number of para-hydroxylation sites is 1. The van der Waals surface area contributed by atoms with Gasteiger partial charge in [-0.05, 0) is 55.9 Å². The Bertz CT molecular complexity index is 1060. The summed E-state index contributed by atoms with van der Waals surface area (Å²) in [4.78, 5) is 32.6. The number of aromatic nitrogens is 2. The van der Waals surface area contributed by atoms with Crippen molar-refractivity contribution in [1.82, 2.24) is 14.3 Å². The Hall–Kier alpha value is -3.15. The van der Waals surface area contributed by atoms with Crippen molar-refractivity contribution < 1.29 is 9.59 Å². The standard InChI is InChI=1S/C23H26N4O2/c1-3-17-11-9-10-16(2)19(17)25-22(28)20-18-12-5-8-15-27(18)21(24-20)23(29)26-13-6-4-7-14-26/h5,8-12,15H,3-4,6-7,13-14H2,1-2H3,(H,25,28). The lowest BCUT2D eigenvalue weighted by Gasteiger charge is -2.25. The van der Waals surface area contributed by atoms with Crippen LogP contribution >= 0.6 is 0 Å². The molecule has 6 heteroatoms. The fourth-order valence-electron chi connectivity index (χ4n) is 3.97. The van der Waals surface area contributed by atoms with E-state index in [0.717, 1.165) is 55.6 Å². The van der Waals surface area contributed by atoms with Crippen molar-refractivity contribution in [2.75, 3.05) is 18.4 Å². The molecule has 3 heterocycles. The maximum Gasteiger partial charge on any atom is 0.290 e. The summed E-state index contributed by atoms with van der Waals surface area (Å²) in [6.45, 7) is 5.52. The lowest BCUT2D eigenvalue weighted by Crippen LogP contribution is -2.36. The number of aryl methyl sites for hydroxylation is 2. The van der Waals surface area contributed by atoms with Crippen LogP contribution in [0.5, 0.6) is 0 Å². The number of hydrogen-bond acceptors (Lipinski definition) is 3. The average molecular weight is 390 g/mol. The molecule has 0 spiro atoms. The highest BCUT2D eigenvalue weighted by Gasteiger charge is 2.26. The van der Waals surface area contributed by atoms with Crippen molar-refractivity contribution in [3.63, 3.8) is 0 Å². The second kappa shape index (κ2) is 8.07. The molecular weight excluding hydrogens is 364 g/mol. The van der Waals surface area contributed by atoms with E-state index in [2.05, 4.69) is 17.2 Å². The highest BCUT2D eigenvalue weighted by atomic mass is 16.2. The number of likely N-dealkylation sites (tertiary alicyclic amines) is 1.